The van der Waals surface area contributed by atoms with E-state index in [4.69, 9.17) is 9.84 Å². The second-order valence-electron chi connectivity index (χ2n) is 5.43. The van der Waals surface area contributed by atoms with Crippen LogP contribution in [0.5, 0.6) is 5.75 Å². The molecule has 2 aromatic rings. The number of carboxylic acid groups (broad SMARTS) is 1. The maximum absolute atomic E-state index is 13.7. The molecule has 26 heavy (non-hydrogen) atoms. The molecule has 0 atom stereocenters. The largest absolute Gasteiger partial charge is 0.480 e. The van der Waals surface area contributed by atoms with E-state index in [0.717, 1.165) is 6.07 Å². The van der Waals surface area contributed by atoms with E-state index in [1.807, 2.05) is 0 Å². The van der Waals surface area contributed by atoms with Crippen LogP contribution in [0.2, 0.25) is 0 Å². The van der Waals surface area contributed by atoms with Gasteiger partial charge in [-0.15, -0.1) is 0 Å². The molecule has 0 saturated carbocycles. The van der Waals surface area contributed by atoms with Crippen molar-refractivity contribution in [1.29, 1.82) is 0 Å². The molecule has 2 rings (SSSR count). The Morgan fingerprint density at radius 3 is 2.69 bits per heavy atom. The van der Waals surface area contributed by atoms with Crippen LogP contribution in [-0.2, 0) is 16.0 Å². The van der Waals surface area contributed by atoms with Crippen molar-refractivity contribution in [2.24, 2.45) is 0 Å². The first kappa shape index (κ1) is 18.8. The number of nitro groups is 1. The molecule has 2 aromatic carbocycles. The number of nitrogens with one attached hydrogen (secondary N) is 1. The maximum atomic E-state index is 13.7. The lowest BCUT2D eigenvalue weighted by molar-refractivity contribution is -0.384. The second kappa shape index (κ2) is 8.06. The Kier molecular flexibility index (Phi) is 5.84. The average molecular weight is 362 g/mol. The molecule has 0 radical (unpaired) electrons. The molecule has 9 heteroatoms. The number of nitro benzene ring substituents is 1. The average Bonchev–Trinajstić information content (AvgIpc) is 2.56. The number of anilines is 1. The smallest absolute Gasteiger partial charge is 0.341 e. The maximum Gasteiger partial charge on any atom is 0.341 e. The summed E-state index contributed by atoms with van der Waals surface area (Å²) in [6.45, 7) is 0.781. The molecule has 0 spiro atoms. The number of aliphatic carboxylic acids is 1. The van der Waals surface area contributed by atoms with E-state index in [2.05, 4.69) is 5.32 Å². The predicted molar refractivity (Wildman–Crippen MR) is 89.7 cm³/mol. The van der Waals surface area contributed by atoms with Gasteiger partial charge >= 0.3 is 5.97 Å². The van der Waals surface area contributed by atoms with Crippen LogP contribution < -0.4 is 10.1 Å². The number of hydrogen-bond acceptors (Lipinski definition) is 5. The quantitative estimate of drug-likeness (QED) is 0.577. The monoisotopic (exact) mass is 362 g/mol. The van der Waals surface area contributed by atoms with Crippen molar-refractivity contribution < 1.29 is 28.7 Å². The van der Waals surface area contributed by atoms with Crippen LogP contribution in [0.1, 0.15) is 11.1 Å². The standard InChI is InChI=1S/C17H15FN2O6/c1-10-5-14(15(8-13(10)18)26-9-17(22)23)19-16(21)7-11-3-2-4-12(6-11)20(24)25/h2-6,8H,7,9H2,1H3,(H,19,21)(H,22,23). The summed E-state index contributed by atoms with van der Waals surface area (Å²) in [4.78, 5) is 33.0. The predicted octanol–water partition coefficient (Wildman–Crippen LogP) is 2.69. The molecule has 0 heterocycles. The number of non-ortho nitro benzene ring substituents is 1. The lowest BCUT2D eigenvalue weighted by Gasteiger charge is -2.13. The molecule has 0 unspecified atom stereocenters. The number of carboxylic acids is 1. The highest BCUT2D eigenvalue weighted by Crippen LogP contribution is 2.28. The van der Waals surface area contributed by atoms with Gasteiger partial charge in [0.15, 0.2) is 6.61 Å². The Bertz CT molecular complexity index is 868. The van der Waals surface area contributed by atoms with Gasteiger partial charge in [0.1, 0.15) is 11.6 Å². The minimum absolute atomic E-state index is 0.112. The first-order valence-corrected chi connectivity index (χ1v) is 7.44. The van der Waals surface area contributed by atoms with Crippen molar-refractivity contribution in [3.63, 3.8) is 0 Å². The fraction of sp³-hybridized carbons (Fsp3) is 0.176. The minimum atomic E-state index is -1.25. The number of amides is 1. The molecule has 0 saturated heterocycles. The van der Waals surface area contributed by atoms with Crippen molar-refractivity contribution in [3.8, 4) is 5.75 Å². The van der Waals surface area contributed by atoms with Crippen LogP contribution in [0, 0.1) is 22.9 Å². The van der Waals surface area contributed by atoms with Crippen molar-refractivity contribution in [2.45, 2.75) is 13.3 Å². The lowest BCUT2D eigenvalue weighted by atomic mass is 10.1. The summed E-state index contributed by atoms with van der Waals surface area (Å²) < 4.78 is 18.7. The molecule has 136 valence electrons. The highest BCUT2D eigenvalue weighted by atomic mass is 19.1. The van der Waals surface area contributed by atoms with Gasteiger partial charge in [0, 0.05) is 18.2 Å². The van der Waals surface area contributed by atoms with Gasteiger partial charge in [-0.1, -0.05) is 12.1 Å². The summed E-state index contributed by atoms with van der Waals surface area (Å²) in [5, 5.41) is 22.0. The number of halogens is 1. The third-order valence-electron chi connectivity index (χ3n) is 3.37. The van der Waals surface area contributed by atoms with E-state index in [1.165, 1.54) is 31.2 Å². The van der Waals surface area contributed by atoms with Crippen LogP contribution in [0.25, 0.3) is 0 Å². The van der Waals surface area contributed by atoms with Crippen molar-refractivity contribution in [1.82, 2.24) is 0 Å². The number of carbonyl (C=O) groups is 2. The van der Waals surface area contributed by atoms with E-state index in [1.54, 1.807) is 6.07 Å². The van der Waals surface area contributed by atoms with Crippen LogP contribution in [0.15, 0.2) is 36.4 Å². The molecule has 2 N–H and O–H groups in total. The Morgan fingerprint density at radius 2 is 2.04 bits per heavy atom. The molecule has 0 aliphatic rings. The summed E-state index contributed by atoms with van der Waals surface area (Å²) in [5.74, 6) is -2.50. The van der Waals surface area contributed by atoms with E-state index < -0.39 is 29.2 Å². The molecule has 1 amide bonds. The summed E-state index contributed by atoms with van der Waals surface area (Å²) in [5.41, 5.74) is 0.626. The third kappa shape index (κ3) is 5.00. The number of hydrogen-bond donors (Lipinski definition) is 2. The fourth-order valence-electron chi connectivity index (χ4n) is 2.18. The molecule has 0 aromatic heterocycles. The summed E-state index contributed by atoms with van der Waals surface area (Å²) in [6, 6.07) is 7.91. The van der Waals surface area contributed by atoms with E-state index in [9.17, 15) is 24.1 Å². The van der Waals surface area contributed by atoms with Gasteiger partial charge in [-0.05, 0) is 24.1 Å². The Labute approximate surface area is 147 Å². The Hall–Kier alpha value is -3.49. The van der Waals surface area contributed by atoms with Crippen molar-refractivity contribution >= 4 is 23.3 Å². The van der Waals surface area contributed by atoms with Gasteiger partial charge < -0.3 is 15.2 Å². The first-order chi connectivity index (χ1) is 12.3. The second-order valence-corrected chi connectivity index (χ2v) is 5.43. The molecule has 0 fully saturated rings. The molecular formula is C17H15FN2O6. The van der Waals surface area contributed by atoms with Gasteiger partial charge in [-0.25, -0.2) is 9.18 Å². The number of rotatable bonds is 7. The number of aryl methyl sites for hydroxylation is 1. The summed E-state index contributed by atoms with van der Waals surface area (Å²) in [6.07, 6.45) is -0.156. The molecule has 0 aliphatic carbocycles. The SMILES string of the molecule is Cc1cc(NC(=O)Cc2cccc([N+](=O)[O-])c2)c(OCC(=O)O)cc1F. The van der Waals surface area contributed by atoms with Crippen molar-refractivity contribution in [3.05, 3.63) is 63.5 Å². The highest BCUT2D eigenvalue weighted by Gasteiger charge is 2.14. The summed E-state index contributed by atoms with van der Waals surface area (Å²) in [7, 11) is 0. The Morgan fingerprint density at radius 1 is 1.31 bits per heavy atom. The van der Waals surface area contributed by atoms with Gasteiger partial charge in [-0.3, -0.25) is 14.9 Å². The van der Waals surface area contributed by atoms with Gasteiger partial charge in [0.05, 0.1) is 17.0 Å². The lowest BCUT2D eigenvalue weighted by Crippen LogP contribution is -2.17. The topological polar surface area (TPSA) is 119 Å². The number of carbonyl (C=O) groups excluding carboxylic acids is 1. The third-order valence-corrected chi connectivity index (χ3v) is 3.37. The molecule has 8 nitrogen and oxygen atoms in total. The molecule has 0 aliphatic heterocycles. The minimum Gasteiger partial charge on any atom is -0.480 e. The number of ether oxygens (including phenoxy) is 1. The van der Waals surface area contributed by atoms with E-state index in [-0.39, 0.29) is 29.1 Å². The van der Waals surface area contributed by atoms with Crippen molar-refractivity contribution in [2.75, 3.05) is 11.9 Å². The number of benzene rings is 2. The zero-order valence-electron chi connectivity index (χ0n) is 13.7. The zero-order chi connectivity index (χ0) is 19.3. The van der Waals surface area contributed by atoms with Crippen LogP contribution >= 0.6 is 0 Å². The normalized spacial score (nSPS) is 10.2. The fourth-order valence-corrected chi connectivity index (χ4v) is 2.18. The zero-order valence-corrected chi connectivity index (χ0v) is 13.7. The first-order valence-electron chi connectivity index (χ1n) is 7.44. The van der Waals surface area contributed by atoms with Crippen LogP contribution in [0.4, 0.5) is 15.8 Å². The van der Waals surface area contributed by atoms with Gasteiger partial charge in [-0.2, -0.15) is 0 Å². The van der Waals surface area contributed by atoms with E-state index >= 15 is 0 Å². The Balaban J connectivity index is 2.17. The van der Waals surface area contributed by atoms with Gasteiger partial charge in [0.25, 0.3) is 5.69 Å². The van der Waals surface area contributed by atoms with Crippen LogP contribution in [-0.4, -0.2) is 28.5 Å². The van der Waals surface area contributed by atoms with Crippen LogP contribution in [0.3, 0.4) is 0 Å². The van der Waals surface area contributed by atoms with Gasteiger partial charge in [0.2, 0.25) is 5.91 Å². The highest BCUT2D eigenvalue weighted by molar-refractivity contribution is 5.94. The number of nitrogens with zero attached hydrogens (tertiary/aromatic N) is 1. The molecular weight excluding hydrogens is 347 g/mol. The summed E-state index contributed by atoms with van der Waals surface area (Å²) >= 11 is 0. The van der Waals surface area contributed by atoms with E-state index in [0.29, 0.717) is 5.56 Å². The molecule has 0 bridgehead atoms.